The molecule has 0 bridgehead atoms. The van der Waals surface area contributed by atoms with E-state index in [1.165, 1.54) is 24.7 Å². The van der Waals surface area contributed by atoms with Gasteiger partial charge in [-0.15, -0.1) is 0 Å². The highest BCUT2D eigenvalue weighted by Crippen LogP contribution is 2.30. The number of aliphatic hydroxyl groups is 1. The number of rotatable bonds is 3. The Balaban J connectivity index is 1.97. The lowest BCUT2D eigenvalue weighted by molar-refractivity contribution is 0.207. The first-order valence-corrected chi connectivity index (χ1v) is 6.44. The van der Waals surface area contributed by atoms with Crippen LogP contribution in [0.3, 0.4) is 0 Å². The van der Waals surface area contributed by atoms with Crippen molar-refractivity contribution in [3.05, 3.63) is 53.0 Å². The zero-order valence-corrected chi connectivity index (χ0v) is 10.8. The molecule has 1 N–H and O–H groups in total. The maximum atomic E-state index is 10.5. The summed E-state index contributed by atoms with van der Waals surface area (Å²) in [7, 11) is 1.53. The minimum Gasteiger partial charge on any atom is -0.480 e. The largest absolute Gasteiger partial charge is 0.480 e. The maximum Gasteiger partial charge on any atom is 0.238 e. The standard InChI is InChI=1S/C15H16N2O2/c1-19-15-13(16-7-8-17-15)14(18)12-6-5-10-3-2-4-11(10)9-12/h5-9,14,18H,2-4H2,1H3. The van der Waals surface area contributed by atoms with Gasteiger partial charge >= 0.3 is 0 Å². The molecule has 0 radical (unpaired) electrons. The molecule has 0 saturated carbocycles. The summed E-state index contributed by atoms with van der Waals surface area (Å²) >= 11 is 0. The fraction of sp³-hybridized carbons (Fsp3) is 0.333. The first kappa shape index (κ1) is 12.1. The lowest BCUT2D eigenvalue weighted by Crippen LogP contribution is -2.06. The molecule has 0 amide bonds. The van der Waals surface area contributed by atoms with E-state index in [9.17, 15) is 5.11 Å². The zero-order chi connectivity index (χ0) is 13.2. The Morgan fingerprint density at radius 3 is 2.79 bits per heavy atom. The molecule has 4 heteroatoms. The second-order valence-corrected chi connectivity index (χ2v) is 4.74. The fourth-order valence-corrected chi connectivity index (χ4v) is 2.60. The molecule has 4 nitrogen and oxygen atoms in total. The first-order valence-electron chi connectivity index (χ1n) is 6.44. The lowest BCUT2D eigenvalue weighted by atomic mass is 10.0. The van der Waals surface area contributed by atoms with Crippen LogP contribution in [0.25, 0.3) is 0 Å². The van der Waals surface area contributed by atoms with Gasteiger partial charge in [0.2, 0.25) is 5.88 Å². The number of aliphatic hydroxyl groups excluding tert-OH is 1. The number of fused-ring (bicyclic) bond motifs is 1. The van der Waals surface area contributed by atoms with E-state index < -0.39 is 6.10 Å². The Bertz CT molecular complexity index is 598. The van der Waals surface area contributed by atoms with Crippen LogP contribution in [0.1, 0.15) is 34.9 Å². The van der Waals surface area contributed by atoms with Crippen LogP contribution in [0.15, 0.2) is 30.6 Å². The van der Waals surface area contributed by atoms with Crippen molar-refractivity contribution in [3.63, 3.8) is 0 Å². The third kappa shape index (κ3) is 2.19. The summed E-state index contributed by atoms with van der Waals surface area (Å²) in [4.78, 5) is 8.25. The van der Waals surface area contributed by atoms with Crippen molar-refractivity contribution in [1.29, 1.82) is 0 Å². The summed E-state index contributed by atoms with van der Waals surface area (Å²) in [5.41, 5.74) is 4.03. The molecule has 0 spiro atoms. The van der Waals surface area contributed by atoms with Crippen molar-refractivity contribution in [3.8, 4) is 5.88 Å². The average Bonchev–Trinajstić information content (AvgIpc) is 2.93. The summed E-state index contributed by atoms with van der Waals surface area (Å²) in [6, 6.07) is 6.13. The Morgan fingerprint density at radius 1 is 1.16 bits per heavy atom. The maximum absolute atomic E-state index is 10.5. The molecule has 0 saturated heterocycles. The van der Waals surface area contributed by atoms with Gasteiger partial charge in [0, 0.05) is 12.4 Å². The van der Waals surface area contributed by atoms with Crippen LogP contribution in [0.2, 0.25) is 0 Å². The van der Waals surface area contributed by atoms with E-state index in [0.29, 0.717) is 11.6 Å². The van der Waals surface area contributed by atoms with Gasteiger partial charge in [-0.25, -0.2) is 4.98 Å². The van der Waals surface area contributed by atoms with E-state index in [4.69, 9.17) is 4.74 Å². The number of aryl methyl sites for hydroxylation is 2. The second-order valence-electron chi connectivity index (χ2n) is 4.74. The van der Waals surface area contributed by atoms with Gasteiger partial charge in [-0.1, -0.05) is 18.2 Å². The normalized spacial score (nSPS) is 15.1. The monoisotopic (exact) mass is 256 g/mol. The molecule has 1 aliphatic rings. The van der Waals surface area contributed by atoms with Crippen LogP contribution in [0.5, 0.6) is 5.88 Å². The second kappa shape index (κ2) is 4.97. The highest BCUT2D eigenvalue weighted by atomic mass is 16.5. The molecule has 0 fully saturated rings. The number of aromatic nitrogens is 2. The molecule has 1 heterocycles. The van der Waals surface area contributed by atoms with Crippen molar-refractivity contribution in [1.82, 2.24) is 9.97 Å². The number of methoxy groups -OCH3 is 1. The van der Waals surface area contributed by atoms with Gasteiger partial charge < -0.3 is 9.84 Å². The van der Waals surface area contributed by atoms with Crippen LogP contribution in [-0.2, 0) is 12.8 Å². The summed E-state index contributed by atoms with van der Waals surface area (Å²) in [5, 5.41) is 10.5. The van der Waals surface area contributed by atoms with Gasteiger partial charge in [0.25, 0.3) is 0 Å². The van der Waals surface area contributed by atoms with E-state index in [2.05, 4.69) is 22.1 Å². The summed E-state index contributed by atoms with van der Waals surface area (Å²) < 4.78 is 5.15. The Morgan fingerprint density at radius 2 is 1.95 bits per heavy atom. The minimum atomic E-state index is -0.797. The molecule has 1 aliphatic carbocycles. The molecule has 1 atom stereocenters. The number of benzene rings is 1. The molecule has 2 aromatic rings. The lowest BCUT2D eigenvalue weighted by Gasteiger charge is -2.14. The van der Waals surface area contributed by atoms with Crippen molar-refractivity contribution >= 4 is 0 Å². The number of ether oxygens (including phenoxy) is 1. The van der Waals surface area contributed by atoms with E-state index >= 15 is 0 Å². The molecule has 3 rings (SSSR count). The van der Waals surface area contributed by atoms with Crippen molar-refractivity contribution < 1.29 is 9.84 Å². The molecule has 1 aromatic heterocycles. The summed E-state index contributed by atoms with van der Waals surface area (Å²) in [5.74, 6) is 0.371. The third-order valence-electron chi connectivity index (χ3n) is 3.58. The number of hydrogen-bond donors (Lipinski definition) is 1. The van der Waals surface area contributed by atoms with Gasteiger partial charge in [-0.2, -0.15) is 0 Å². The molecule has 0 aliphatic heterocycles. The SMILES string of the molecule is COc1nccnc1C(O)c1ccc2c(c1)CCC2. The van der Waals surface area contributed by atoms with Crippen molar-refractivity contribution in [2.75, 3.05) is 7.11 Å². The van der Waals surface area contributed by atoms with Crippen molar-refractivity contribution in [2.24, 2.45) is 0 Å². The van der Waals surface area contributed by atoms with Crippen LogP contribution >= 0.6 is 0 Å². The molecule has 1 unspecified atom stereocenters. The van der Waals surface area contributed by atoms with E-state index in [-0.39, 0.29) is 0 Å². The van der Waals surface area contributed by atoms with Crippen LogP contribution < -0.4 is 4.74 Å². The Hall–Kier alpha value is -1.94. The highest BCUT2D eigenvalue weighted by molar-refractivity contribution is 5.39. The number of hydrogen-bond acceptors (Lipinski definition) is 4. The van der Waals surface area contributed by atoms with Crippen LogP contribution in [0, 0.1) is 0 Å². The van der Waals surface area contributed by atoms with Crippen LogP contribution in [-0.4, -0.2) is 22.2 Å². The van der Waals surface area contributed by atoms with E-state index in [0.717, 1.165) is 18.4 Å². The Kier molecular flexibility index (Phi) is 3.17. The van der Waals surface area contributed by atoms with Gasteiger partial charge in [0.15, 0.2) is 0 Å². The van der Waals surface area contributed by atoms with E-state index in [1.807, 2.05) is 6.07 Å². The molecule has 98 valence electrons. The van der Waals surface area contributed by atoms with Crippen molar-refractivity contribution in [2.45, 2.75) is 25.4 Å². The smallest absolute Gasteiger partial charge is 0.238 e. The quantitative estimate of drug-likeness (QED) is 0.913. The predicted molar refractivity (Wildman–Crippen MR) is 71.1 cm³/mol. The van der Waals surface area contributed by atoms with Gasteiger partial charge in [0.1, 0.15) is 11.8 Å². The molecular formula is C15H16N2O2. The third-order valence-corrected chi connectivity index (χ3v) is 3.58. The Labute approximate surface area is 112 Å². The van der Waals surface area contributed by atoms with Gasteiger partial charge in [0.05, 0.1) is 7.11 Å². The summed E-state index contributed by atoms with van der Waals surface area (Å²) in [6.07, 6.45) is 5.75. The predicted octanol–water partition coefficient (Wildman–Crippen LogP) is 2.06. The first-order chi connectivity index (χ1) is 9.29. The van der Waals surface area contributed by atoms with Gasteiger partial charge in [-0.3, -0.25) is 4.98 Å². The fourth-order valence-electron chi connectivity index (χ4n) is 2.60. The summed E-state index contributed by atoms with van der Waals surface area (Å²) in [6.45, 7) is 0. The topological polar surface area (TPSA) is 55.2 Å². The average molecular weight is 256 g/mol. The van der Waals surface area contributed by atoms with E-state index in [1.54, 1.807) is 12.4 Å². The molecule has 1 aromatic carbocycles. The van der Waals surface area contributed by atoms with Crippen LogP contribution in [0.4, 0.5) is 0 Å². The zero-order valence-electron chi connectivity index (χ0n) is 10.8. The van der Waals surface area contributed by atoms with Gasteiger partial charge in [-0.05, 0) is 36.0 Å². The molecule has 19 heavy (non-hydrogen) atoms. The number of nitrogens with zero attached hydrogens (tertiary/aromatic N) is 2. The minimum absolute atomic E-state index is 0.371. The highest BCUT2D eigenvalue weighted by Gasteiger charge is 2.20. The molecular weight excluding hydrogens is 240 g/mol.